The van der Waals surface area contributed by atoms with Crippen molar-refractivity contribution in [1.29, 1.82) is 0 Å². The third kappa shape index (κ3) is 5.02. The van der Waals surface area contributed by atoms with E-state index in [9.17, 15) is 4.79 Å². The van der Waals surface area contributed by atoms with Crippen molar-refractivity contribution in [1.82, 2.24) is 5.32 Å². The van der Waals surface area contributed by atoms with Crippen LogP contribution in [-0.2, 0) is 4.79 Å². The predicted molar refractivity (Wildman–Crippen MR) is 95.0 cm³/mol. The van der Waals surface area contributed by atoms with Gasteiger partial charge in [-0.25, -0.2) is 0 Å². The number of nitrogens with one attached hydrogen (secondary N) is 1. The van der Waals surface area contributed by atoms with Crippen LogP contribution in [0.15, 0.2) is 18.2 Å². The average molecular weight is 366 g/mol. The zero-order valence-corrected chi connectivity index (χ0v) is 15.1. The van der Waals surface area contributed by atoms with Crippen LogP contribution in [0.4, 0.5) is 0 Å². The molecule has 0 saturated heterocycles. The van der Waals surface area contributed by atoms with E-state index >= 15 is 0 Å². The van der Waals surface area contributed by atoms with Crippen LogP contribution in [0.1, 0.15) is 38.2 Å². The number of carbonyl (C=O) groups excluding carboxylic acids is 1. The summed E-state index contributed by atoms with van der Waals surface area (Å²) in [6, 6.07) is 5.65. The van der Waals surface area contributed by atoms with Gasteiger partial charge in [-0.15, -0.1) is 12.4 Å². The maximum absolute atomic E-state index is 12.3. The Bertz CT molecular complexity index is 522. The molecule has 0 spiro atoms. The third-order valence-electron chi connectivity index (χ3n) is 3.89. The summed E-state index contributed by atoms with van der Waals surface area (Å²) < 4.78 is 0. The first kappa shape index (κ1) is 19.6. The summed E-state index contributed by atoms with van der Waals surface area (Å²) in [5.74, 6) is 0.895. The molecule has 3 nitrogen and oxygen atoms in total. The largest absolute Gasteiger partial charge is 0.352 e. The van der Waals surface area contributed by atoms with Crippen LogP contribution in [0.25, 0.3) is 0 Å². The molecule has 3 unspecified atom stereocenters. The molecule has 1 amide bonds. The summed E-state index contributed by atoms with van der Waals surface area (Å²) in [4.78, 5) is 12.3. The summed E-state index contributed by atoms with van der Waals surface area (Å²) in [5.41, 5.74) is 6.81. The molecule has 1 aromatic carbocycles. The number of halogens is 3. The van der Waals surface area contributed by atoms with Gasteiger partial charge in [0.25, 0.3) is 0 Å². The lowest BCUT2D eigenvalue weighted by atomic mass is 10.0. The van der Waals surface area contributed by atoms with Gasteiger partial charge in [0.2, 0.25) is 5.91 Å². The molecule has 1 fully saturated rings. The number of amides is 1. The molecule has 0 heterocycles. The minimum absolute atomic E-state index is 0. The molecule has 0 aromatic heterocycles. The molecule has 22 heavy (non-hydrogen) atoms. The highest BCUT2D eigenvalue weighted by Gasteiger charge is 2.44. The molecule has 6 heteroatoms. The average Bonchev–Trinajstić information content (AvgIpc) is 3.21. The topological polar surface area (TPSA) is 55.1 Å². The molecule has 1 aliphatic carbocycles. The quantitative estimate of drug-likeness (QED) is 0.800. The van der Waals surface area contributed by atoms with E-state index < -0.39 is 0 Å². The molecular weight excluding hydrogens is 343 g/mol. The number of benzene rings is 1. The molecule has 0 bridgehead atoms. The van der Waals surface area contributed by atoms with Gasteiger partial charge in [-0.1, -0.05) is 43.1 Å². The van der Waals surface area contributed by atoms with Crippen LogP contribution in [0.3, 0.4) is 0 Å². The van der Waals surface area contributed by atoms with Gasteiger partial charge in [-0.05, 0) is 42.4 Å². The Morgan fingerprint density at radius 3 is 2.59 bits per heavy atom. The van der Waals surface area contributed by atoms with Crippen LogP contribution in [0.5, 0.6) is 0 Å². The molecule has 1 aliphatic rings. The summed E-state index contributed by atoms with van der Waals surface area (Å²) in [6.45, 7) is 4.74. The Kier molecular flexibility index (Phi) is 7.47. The van der Waals surface area contributed by atoms with Gasteiger partial charge in [-0.3, -0.25) is 4.79 Å². The van der Waals surface area contributed by atoms with Crippen molar-refractivity contribution in [3.63, 3.8) is 0 Å². The maximum Gasteiger partial charge on any atom is 0.224 e. The van der Waals surface area contributed by atoms with Gasteiger partial charge < -0.3 is 11.1 Å². The number of hydrogen-bond acceptors (Lipinski definition) is 2. The molecule has 1 aromatic rings. The van der Waals surface area contributed by atoms with Crippen LogP contribution >= 0.6 is 35.6 Å². The van der Waals surface area contributed by atoms with Crippen molar-refractivity contribution >= 4 is 41.5 Å². The van der Waals surface area contributed by atoms with E-state index in [0.717, 1.165) is 18.4 Å². The van der Waals surface area contributed by atoms with E-state index in [1.807, 2.05) is 12.1 Å². The minimum atomic E-state index is 0. The first-order chi connectivity index (χ1) is 9.92. The van der Waals surface area contributed by atoms with Crippen molar-refractivity contribution in [2.24, 2.45) is 17.6 Å². The third-order valence-corrected chi connectivity index (χ3v) is 4.62. The maximum atomic E-state index is 12.3. The zero-order valence-electron chi connectivity index (χ0n) is 12.8. The van der Waals surface area contributed by atoms with Crippen molar-refractivity contribution in [3.05, 3.63) is 33.8 Å². The Balaban J connectivity index is 0.00000242. The molecule has 1 saturated carbocycles. The van der Waals surface area contributed by atoms with Crippen LogP contribution in [-0.4, -0.2) is 18.5 Å². The predicted octanol–water partition coefficient (Wildman–Crippen LogP) is 4.01. The summed E-state index contributed by atoms with van der Waals surface area (Å²) >= 11 is 11.9. The molecule has 124 valence electrons. The van der Waals surface area contributed by atoms with E-state index in [1.165, 1.54) is 0 Å². The highest BCUT2D eigenvalue weighted by molar-refractivity contribution is 6.42. The summed E-state index contributed by atoms with van der Waals surface area (Å²) in [5, 5.41) is 4.15. The van der Waals surface area contributed by atoms with E-state index in [1.54, 1.807) is 6.07 Å². The van der Waals surface area contributed by atoms with Crippen molar-refractivity contribution in [2.45, 2.75) is 38.6 Å². The number of hydrogen-bond donors (Lipinski definition) is 2. The van der Waals surface area contributed by atoms with Gasteiger partial charge in [0, 0.05) is 18.5 Å². The molecule has 0 radical (unpaired) electrons. The zero-order chi connectivity index (χ0) is 15.6. The second-order valence-electron chi connectivity index (χ2n) is 6.19. The monoisotopic (exact) mass is 364 g/mol. The second kappa shape index (κ2) is 8.39. The highest BCUT2D eigenvalue weighted by Crippen LogP contribution is 2.48. The first-order valence-electron chi connectivity index (χ1n) is 7.37. The molecule has 2 rings (SSSR count). The smallest absolute Gasteiger partial charge is 0.224 e. The number of carbonyl (C=O) groups is 1. The Morgan fingerprint density at radius 1 is 1.36 bits per heavy atom. The highest BCUT2D eigenvalue weighted by atomic mass is 35.5. The lowest BCUT2D eigenvalue weighted by molar-refractivity contribution is -0.123. The number of rotatable bonds is 6. The Labute approximate surface area is 148 Å². The van der Waals surface area contributed by atoms with Crippen molar-refractivity contribution in [2.75, 3.05) is 6.54 Å². The van der Waals surface area contributed by atoms with Crippen molar-refractivity contribution < 1.29 is 4.79 Å². The number of nitrogens with two attached hydrogens (primary N) is 1. The van der Waals surface area contributed by atoms with Crippen LogP contribution in [0.2, 0.25) is 10.0 Å². The lowest BCUT2D eigenvalue weighted by Gasteiger charge is -2.18. The summed E-state index contributed by atoms with van der Waals surface area (Å²) in [7, 11) is 0. The molecule has 3 atom stereocenters. The fourth-order valence-corrected chi connectivity index (χ4v) is 2.99. The standard InChI is InChI=1S/C16H22Cl2N2O.ClH/c1-9(2)5-11(8-19)20-16(21)13-7-12(13)10-3-4-14(17)15(18)6-10;/h3-4,6,9,11-13H,5,7-8,19H2,1-2H3,(H,20,21);1H. The van der Waals surface area contributed by atoms with Crippen LogP contribution in [0, 0.1) is 11.8 Å². The van der Waals surface area contributed by atoms with E-state index in [2.05, 4.69) is 19.2 Å². The summed E-state index contributed by atoms with van der Waals surface area (Å²) in [6.07, 6.45) is 1.77. The van der Waals surface area contributed by atoms with Gasteiger partial charge in [0.15, 0.2) is 0 Å². The molecule has 3 N–H and O–H groups in total. The minimum Gasteiger partial charge on any atom is -0.352 e. The fraction of sp³-hybridized carbons (Fsp3) is 0.562. The Hall–Kier alpha value is -0.480. The second-order valence-corrected chi connectivity index (χ2v) is 7.01. The molecule has 0 aliphatic heterocycles. The van der Waals surface area contributed by atoms with E-state index in [0.29, 0.717) is 22.5 Å². The van der Waals surface area contributed by atoms with Gasteiger partial charge in [0.1, 0.15) is 0 Å². The first-order valence-corrected chi connectivity index (χ1v) is 8.13. The lowest BCUT2D eigenvalue weighted by Crippen LogP contribution is -2.41. The fourth-order valence-electron chi connectivity index (χ4n) is 2.69. The normalized spacial score (nSPS) is 21.2. The Morgan fingerprint density at radius 2 is 2.05 bits per heavy atom. The van der Waals surface area contributed by atoms with Gasteiger partial charge in [-0.2, -0.15) is 0 Å². The molecular formula is C16H23Cl3N2O. The van der Waals surface area contributed by atoms with Gasteiger partial charge >= 0.3 is 0 Å². The van der Waals surface area contributed by atoms with Gasteiger partial charge in [0.05, 0.1) is 10.0 Å². The van der Waals surface area contributed by atoms with E-state index in [-0.39, 0.29) is 36.2 Å². The van der Waals surface area contributed by atoms with Crippen LogP contribution < -0.4 is 11.1 Å². The van der Waals surface area contributed by atoms with E-state index in [4.69, 9.17) is 28.9 Å². The van der Waals surface area contributed by atoms with Crippen molar-refractivity contribution in [3.8, 4) is 0 Å². The SMILES string of the molecule is CC(C)CC(CN)NC(=O)C1CC1c1ccc(Cl)c(Cl)c1.Cl.